The summed E-state index contributed by atoms with van der Waals surface area (Å²) >= 11 is 0. The third-order valence-electron chi connectivity index (χ3n) is 13.7. The second-order valence-corrected chi connectivity index (χ2v) is 17.0. The zero-order chi connectivity index (χ0) is 38.1. The number of Topliss-reactive ketones (excluding diaryl/α,β-unsaturated/α-hetero) is 1. The monoisotopic (exact) mass is 745 g/mol. The van der Waals surface area contributed by atoms with E-state index >= 15 is 0 Å². The van der Waals surface area contributed by atoms with E-state index in [-0.39, 0.29) is 96.8 Å². The predicted molar refractivity (Wildman–Crippen MR) is 199 cm³/mol. The molecule has 0 aromatic rings. The van der Waals surface area contributed by atoms with Crippen LogP contribution in [0.3, 0.4) is 0 Å². The lowest BCUT2D eigenvalue weighted by atomic mass is 9.67. The molecule has 4 fully saturated rings. The molecule has 300 valence electrons. The number of hydrogen-bond donors (Lipinski definition) is 0. The van der Waals surface area contributed by atoms with Crippen LogP contribution in [0.2, 0.25) is 0 Å². The molecule has 53 heavy (non-hydrogen) atoms. The van der Waals surface area contributed by atoms with Crippen molar-refractivity contribution in [3.63, 3.8) is 0 Å². The first kappa shape index (κ1) is 40.9. The highest BCUT2D eigenvalue weighted by molar-refractivity contribution is 5.99. The van der Waals surface area contributed by atoms with Crippen molar-refractivity contribution in [3.8, 4) is 0 Å². The van der Waals surface area contributed by atoms with Gasteiger partial charge in [0.2, 0.25) is 0 Å². The number of ether oxygens (including phenoxy) is 8. The molecule has 0 aromatic carbocycles. The first-order chi connectivity index (χ1) is 25.4. The highest BCUT2D eigenvalue weighted by atomic mass is 16.7. The molecule has 3 saturated heterocycles. The van der Waals surface area contributed by atoms with Gasteiger partial charge in [0.15, 0.2) is 18.4 Å². The summed E-state index contributed by atoms with van der Waals surface area (Å²) in [7, 11) is 9.16. The molecule has 3 aliphatic carbocycles. The Balaban J connectivity index is 1.23. The van der Waals surface area contributed by atoms with Gasteiger partial charge in [0.05, 0.1) is 30.8 Å². The summed E-state index contributed by atoms with van der Waals surface area (Å²) in [6.45, 7) is 10.4. The number of likely N-dealkylation sites (N-methyl/N-ethyl adjacent to an activating group) is 1. The summed E-state index contributed by atoms with van der Waals surface area (Å²) in [6.07, 6.45) is 8.58. The number of cyclic esters (lactones) is 1. The smallest absolute Gasteiger partial charge is 0.306 e. The van der Waals surface area contributed by atoms with E-state index in [1.54, 1.807) is 21.3 Å². The number of esters is 1. The van der Waals surface area contributed by atoms with Gasteiger partial charge in [-0.1, -0.05) is 31.6 Å². The molecule has 1 saturated carbocycles. The summed E-state index contributed by atoms with van der Waals surface area (Å²) in [4.78, 5) is 30.5. The van der Waals surface area contributed by atoms with Crippen LogP contribution in [-0.4, -0.2) is 120 Å². The van der Waals surface area contributed by atoms with Gasteiger partial charge >= 0.3 is 5.97 Å². The molecule has 0 radical (unpaired) electrons. The largest absolute Gasteiger partial charge is 0.462 e. The van der Waals surface area contributed by atoms with E-state index in [4.69, 9.17) is 37.9 Å². The fourth-order valence-corrected chi connectivity index (χ4v) is 10.8. The van der Waals surface area contributed by atoms with Crippen molar-refractivity contribution in [2.75, 3.05) is 35.4 Å². The van der Waals surface area contributed by atoms with Crippen molar-refractivity contribution in [1.82, 2.24) is 4.90 Å². The molecule has 11 heteroatoms. The molecule has 0 bridgehead atoms. The molecule has 0 aromatic heterocycles. The average molecular weight is 746 g/mol. The number of allylic oxidation sites excluding steroid dienone is 4. The number of fused-ring (bicyclic) bond motifs is 5. The van der Waals surface area contributed by atoms with E-state index in [0.29, 0.717) is 18.4 Å². The summed E-state index contributed by atoms with van der Waals surface area (Å²) in [5.74, 6) is 0.00947. The van der Waals surface area contributed by atoms with Crippen molar-refractivity contribution in [2.45, 2.75) is 160 Å². The summed E-state index contributed by atoms with van der Waals surface area (Å²) in [6, 6.07) is 0.337. The van der Waals surface area contributed by atoms with Crippen molar-refractivity contribution in [2.24, 2.45) is 35.5 Å². The highest BCUT2D eigenvalue weighted by Crippen LogP contribution is 2.56. The Morgan fingerprint density at radius 3 is 2.21 bits per heavy atom. The molecule has 3 aliphatic heterocycles. The Morgan fingerprint density at radius 1 is 0.811 bits per heavy atom. The quantitative estimate of drug-likeness (QED) is 0.209. The van der Waals surface area contributed by atoms with Crippen molar-refractivity contribution in [1.29, 1.82) is 0 Å². The number of ketones is 1. The summed E-state index contributed by atoms with van der Waals surface area (Å²) in [5, 5.41) is 0. The molecule has 6 rings (SSSR count). The Labute approximate surface area is 317 Å². The molecule has 17 atom stereocenters. The SMILES string of the molecule is CC[C@H]1CCC[C@H](O[C@H]2CC[C@H](N(C)C)[C@@H](C)O2)[C@H](C)C(=O)C2=C[C@@H]3[C@@H](C=C(C)[C@@H]4C[C@@H](O[C@@H]5O[C@@H](C)[C@H](OC)[C@@H](OC)[C@H]5OC)C[C@@H]34)[C@@H]2CC(=O)O1. The van der Waals surface area contributed by atoms with Crippen LogP contribution in [0.15, 0.2) is 23.3 Å². The average Bonchev–Trinajstić information content (AvgIpc) is 3.71. The molecule has 0 unspecified atom stereocenters. The highest BCUT2D eigenvalue weighted by Gasteiger charge is 2.53. The first-order valence-electron chi connectivity index (χ1n) is 20.4. The molecule has 0 N–H and O–H groups in total. The summed E-state index contributed by atoms with van der Waals surface area (Å²) < 4.78 is 49.8. The Bertz CT molecular complexity index is 1330. The second kappa shape index (κ2) is 17.6. The van der Waals surface area contributed by atoms with Crippen LogP contribution in [0.1, 0.15) is 92.4 Å². The van der Waals surface area contributed by atoms with Crippen LogP contribution in [-0.2, 0) is 47.5 Å². The zero-order valence-corrected chi connectivity index (χ0v) is 33.9. The number of nitrogens with zero attached hydrogens (tertiary/aromatic N) is 1. The van der Waals surface area contributed by atoms with Gasteiger partial charge in [-0.15, -0.1) is 0 Å². The number of carbonyl (C=O) groups is 2. The lowest BCUT2D eigenvalue weighted by molar-refractivity contribution is -0.314. The Kier molecular flexibility index (Phi) is 13.6. The van der Waals surface area contributed by atoms with Gasteiger partial charge in [0, 0.05) is 39.2 Å². The molecule has 0 spiro atoms. The standard InChI is InChI=1S/C42H67NO10/c1-11-26-13-12-14-35(53-37-16-15-34(43(6)7)24(4)49-37)23(3)38(45)33-20-31-29(32(33)21-36(44)51-26)17-22(2)28-18-27(19-30(28)31)52-42-41(48-10)40(47-9)39(46-8)25(5)50-42/h17,20,23-32,34-35,37,39-42H,11-16,18-19,21H2,1-10H3/t23-,24+,25-,26-,27+,28-,29+,30+,31+,32-,34-,35-,37-,39-,40+,41+,42-/m0/s1. The van der Waals surface area contributed by atoms with Gasteiger partial charge in [0.1, 0.15) is 24.4 Å². The van der Waals surface area contributed by atoms with E-state index in [0.717, 1.165) is 50.5 Å². The van der Waals surface area contributed by atoms with Crippen molar-refractivity contribution < 1.29 is 47.5 Å². The summed E-state index contributed by atoms with van der Waals surface area (Å²) in [5.41, 5.74) is 2.07. The minimum atomic E-state index is -0.598. The topological polar surface area (TPSA) is 111 Å². The number of methoxy groups -OCH3 is 3. The second-order valence-electron chi connectivity index (χ2n) is 17.0. The Hall–Kier alpha value is -1.70. The third-order valence-corrected chi connectivity index (χ3v) is 13.7. The predicted octanol–water partition coefficient (Wildman–Crippen LogP) is 5.88. The van der Waals surface area contributed by atoms with Crippen LogP contribution in [0.5, 0.6) is 0 Å². The lowest BCUT2D eigenvalue weighted by Crippen LogP contribution is -2.59. The molecule has 3 heterocycles. The molecule has 6 aliphatic rings. The van der Waals surface area contributed by atoms with Gasteiger partial charge < -0.3 is 42.8 Å². The maximum Gasteiger partial charge on any atom is 0.306 e. The minimum absolute atomic E-state index is 0.0364. The van der Waals surface area contributed by atoms with E-state index in [1.165, 1.54) is 5.57 Å². The fraction of sp³-hybridized carbons (Fsp3) is 0.857. The normalized spacial score (nSPS) is 45.3. The molecular formula is C42H67NO10. The molecule has 0 amide bonds. The minimum Gasteiger partial charge on any atom is -0.462 e. The lowest BCUT2D eigenvalue weighted by Gasteiger charge is -2.44. The molecular weight excluding hydrogens is 678 g/mol. The number of carbonyl (C=O) groups excluding carboxylic acids is 2. The van der Waals surface area contributed by atoms with Gasteiger partial charge in [-0.05, 0) is 115 Å². The van der Waals surface area contributed by atoms with E-state index in [2.05, 4.69) is 51.9 Å². The van der Waals surface area contributed by atoms with Crippen LogP contribution in [0.4, 0.5) is 0 Å². The van der Waals surface area contributed by atoms with Crippen molar-refractivity contribution >= 4 is 11.8 Å². The third kappa shape index (κ3) is 8.53. The van der Waals surface area contributed by atoms with E-state index in [9.17, 15) is 9.59 Å². The van der Waals surface area contributed by atoms with Crippen LogP contribution in [0.25, 0.3) is 0 Å². The van der Waals surface area contributed by atoms with Gasteiger partial charge in [-0.3, -0.25) is 9.59 Å². The van der Waals surface area contributed by atoms with Gasteiger partial charge in [0.25, 0.3) is 0 Å². The van der Waals surface area contributed by atoms with E-state index in [1.807, 2.05) is 13.8 Å². The van der Waals surface area contributed by atoms with Gasteiger partial charge in [-0.2, -0.15) is 0 Å². The maximum atomic E-state index is 14.7. The first-order valence-corrected chi connectivity index (χ1v) is 20.4. The van der Waals surface area contributed by atoms with Crippen molar-refractivity contribution in [3.05, 3.63) is 23.3 Å². The zero-order valence-electron chi connectivity index (χ0n) is 33.9. The van der Waals surface area contributed by atoms with Crippen LogP contribution < -0.4 is 0 Å². The molecule has 11 nitrogen and oxygen atoms in total. The Morgan fingerprint density at radius 2 is 1.55 bits per heavy atom. The number of hydrogen-bond acceptors (Lipinski definition) is 11. The number of rotatable bonds is 9. The fourth-order valence-electron chi connectivity index (χ4n) is 10.8. The van der Waals surface area contributed by atoms with Gasteiger partial charge in [-0.25, -0.2) is 0 Å². The maximum absolute atomic E-state index is 14.7. The van der Waals surface area contributed by atoms with E-state index < -0.39 is 12.4 Å². The van der Waals surface area contributed by atoms with Crippen LogP contribution in [0, 0.1) is 35.5 Å². The van der Waals surface area contributed by atoms with Crippen LogP contribution >= 0.6 is 0 Å².